The van der Waals surface area contributed by atoms with Gasteiger partial charge < -0.3 is 9.84 Å². The Bertz CT molecular complexity index is 1030. The number of hydrogen-bond donors (Lipinski definition) is 2. The average molecular weight is 514 g/mol. The van der Waals surface area contributed by atoms with Gasteiger partial charge in [0, 0.05) is 10.6 Å². The molecule has 0 spiro atoms. The molecule has 2 N–H and O–H groups in total. The van der Waals surface area contributed by atoms with Gasteiger partial charge in [-0.3, -0.25) is 15.0 Å². The number of thioether (sulfide) groups is 1. The van der Waals surface area contributed by atoms with E-state index in [1.54, 1.807) is 49.4 Å². The van der Waals surface area contributed by atoms with Crippen LogP contribution >= 0.6 is 51.5 Å². The predicted octanol–water partition coefficient (Wildman–Crippen LogP) is 4.75. The fourth-order valence-corrected chi connectivity index (χ4v) is 4.19. The third-order valence-corrected chi connectivity index (χ3v) is 5.92. The molecule has 0 saturated carbocycles. The summed E-state index contributed by atoms with van der Waals surface area (Å²) in [6.07, 6.45) is 1.61. The van der Waals surface area contributed by atoms with Crippen LogP contribution in [0.15, 0.2) is 45.8 Å². The summed E-state index contributed by atoms with van der Waals surface area (Å²) in [5.41, 5.74) is 3.48. The number of aromatic hydroxyl groups is 1. The summed E-state index contributed by atoms with van der Waals surface area (Å²) in [6, 6.07) is 9.53. The first-order valence-corrected chi connectivity index (χ1v) is 10.7. The number of hydrogen-bond acceptors (Lipinski definition) is 6. The highest BCUT2D eigenvalue weighted by atomic mass is 79.9. The number of phenols is 1. The molecule has 3 rings (SSSR count). The minimum atomic E-state index is -0.481. The number of amides is 2. The SMILES string of the molecule is CCOc1cc(/C=C2/SC(=S)N(NC(=O)c3ccc(Cl)cc3)C2=O)cc(Br)c1O. The van der Waals surface area contributed by atoms with Crippen LogP contribution < -0.4 is 10.2 Å². The molecule has 6 nitrogen and oxygen atoms in total. The van der Waals surface area contributed by atoms with Crippen molar-refractivity contribution in [2.24, 2.45) is 0 Å². The van der Waals surface area contributed by atoms with Crippen LogP contribution in [0.1, 0.15) is 22.8 Å². The highest BCUT2D eigenvalue weighted by Gasteiger charge is 2.33. The summed E-state index contributed by atoms with van der Waals surface area (Å²) >= 11 is 15.4. The smallest absolute Gasteiger partial charge is 0.285 e. The summed E-state index contributed by atoms with van der Waals surface area (Å²) in [7, 11) is 0. The van der Waals surface area contributed by atoms with Gasteiger partial charge in [-0.2, -0.15) is 5.01 Å². The lowest BCUT2D eigenvalue weighted by Gasteiger charge is -2.15. The van der Waals surface area contributed by atoms with Gasteiger partial charge in [-0.25, -0.2) is 0 Å². The van der Waals surface area contributed by atoms with Crippen molar-refractivity contribution in [3.05, 3.63) is 61.9 Å². The van der Waals surface area contributed by atoms with Gasteiger partial charge in [0.25, 0.3) is 11.8 Å². The van der Waals surface area contributed by atoms with Crippen molar-refractivity contribution < 1.29 is 19.4 Å². The zero-order chi connectivity index (χ0) is 21.1. The number of carbonyl (C=O) groups excluding carboxylic acids is 2. The van der Waals surface area contributed by atoms with E-state index in [9.17, 15) is 14.7 Å². The maximum Gasteiger partial charge on any atom is 0.285 e. The van der Waals surface area contributed by atoms with E-state index in [1.165, 1.54) is 0 Å². The number of nitrogens with one attached hydrogen (secondary N) is 1. The van der Waals surface area contributed by atoms with Gasteiger partial charge in [0.2, 0.25) is 0 Å². The van der Waals surface area contributed by atoms with Gasteiger partial charge in [0.1, 0.15) is 0 Å². The second kappa shape index (κ2) is 9.17. The number of carbonyl (C=O) groups is 2. The van der Waals surface area contributed by atoms with Crippen LogP contribution in [0.4, 0.5) is 0 Å². The van der Waals surface area contributed by atoms with Gasteiger partial charge >= 0.3 is 0 Å². The Kier molecular flexibility index (Phi) is 6.84. The van der Waals surface area contributed by atoms with Crippen molar-refractivity contribution >= 4 is 73.7 Å². The predicted molar refractivity (Wildman–Crippen MR) is 121 cm³/mol. The van der Waals surface area contributed by atoms with Crippen molar-refractivity contribution in [3.63, 3.8) is 0 Å². The van der Waals surface area contributed by atoms with Crippen molar-refractivity contribution in [1.82, 2.24) is 10.4 Å². The number of nitrogens with zero attached hydrogens (tertiary/aromatic N) is 1. The zero-order valence-corrected chi connectivity index (χ0v) is 18.9. The Balaban J connectivity index is 1.81. The lowest BCUT2D eigenvalue weighted by Crippen LogP contribution is -2.44. The summed E-state index contributed by atoms with van der Waals surface area (Å²) in [4.78, 5) is 25.4. The fraction of sp³-hybridized carbons (Fsp3) is 0.105. The van der Waals surface area contributed by atoms with Crippen molar-refractivity contribution in [1.29, 1.82) is 0 Å². The molecule has 10 heteroatoms. The summed E-state index contributed by atoms with van der Waals surface area (Å²) in [5, 5.41) is 11.6. The third kappa shape index (κ3) is 4.92. The summed E-state index contributed by atoms with van der Waals surface area (Å²) < 4.78 is 6.03. The molecule has 0 aromatic heterocycles. The van der Waals surface area contributed by atoms with Gasteiger partial charge in [-0.05, 0) is 83.1 Å². The minimum Gasteiger partial charge on any atom is -0.503 e. The Morgan fingerprint density at radius 1 is 1.38 bits per heavy atom. The molecule has 29 heavy (non-hydrogen) atoms. The Labute approximate surface area is 190 Å². The Morgan fingerprint density at radius 3 is 2.72 bits per heavy atom. The lowest BCUT2D eigenvalue weighted by atomic mass is 10.2. The molecular weight excluding hydrogens is 500 g/mol. The number of phenolic OH excluding ortho intramolecular Hbond substituents is 1. The molecular formula is C19H14BrClN2O4S2. The topological polar surface area (TPSA) is 78.9 Å². The van der Waals surface area contributed by atoms with Crippen LogP contribution in [0.2, 0.25) is 5.02 Å². The molecule has 0 radical (unpaired) electrons. The fourth-order valence-electron chi connectivity index (χ4n) is 2.43. The molecule has 1 saturated heterocycles. The van der Waals surface area contributed by atoms with Crippen LogP contribution in [0.5, 0.6) is 11.5 Å². The average Bonchev–Trinajstić information content (AvgIpc) is 2.93. The normalized spacial score (nSPS) is 15.1. The number of benzene rings is 2. The van der Waals surface area contributed by atoms with Gasteiger partial charge in [0.05, 0.1) is 16.0 Å². The molecule has 0 bridgehead atoms. The quantitative estimate of drug-likeness (QED) is 0.444. The van der Waals surface area contributed by atoms with Crippen LogP contribution in [0, 0.1) is 0 Å². The first kappa shape index (κ1) is 21.6. The molecule has 0 unspecified atom stereocenters. The van der Waals surface area contributed by atoms with Crippen LogP contribution in [-0.4, -0.2) is 32.9 Å². The van der Waals surface area contributed by atoms with Crippen molar-refractivity contribution in [3.8, 4) is 11.5 Å². The monoisotopic (exact) mass is 512 g/mol. The van der Waals surface area contributed by atoms with Gasteiger partial charge in [-0.15, -0.1) is 0 Å². The van der Waals surface area contributed by atoms with Gasteiger partial charge in [-0.1, -0.05) is 23.4 Å². The van der Waals surface area contributed by atoms with E-state index in [0.29, 0.717) is 37.9 Å². The zero-order valence-electron chi connectivity index (χ0n) is 14.9. The lowest BCUT2D eigenvalue weighted by molar-refractivity contribution is -0.123. The molecule has 0 atom stereocenters. The second-order valence-corrected chi connectivity index (χ2v) is 8.71. The third-order valence-electron chi connectivity index (χ3n) is 3.76. The molecule has 0 aliphatic carbocycles. The number of ether oxygens (including phenoxy) is 1. The molecule has 1 heterocycles. The van der Waals surface area contributed by atoms with E-state index in [0.717, 1.165) is 16.8 Å². The molecule has 2 aromatic rings. The molecule has 2 amide bonds. The largest absolute Gasteiger partial charge is 0.503 e. The first-order valence-electron chi connectivity index (χ1n) is 8.30. The van der Waals surface area contributed by atoms with Crippen LogP contribution in [0.3, 0.4) is 0 Å². The number of rotatable bonds is 5. The molecule has 2 aromatic carbocycles. The van der Waals surface area contributed by atoms with Crippen LogP contribution in [-0.2, 0) is 4.79 Å². The molecule has 1 aliphatic rings. The van der Waals surface area contributed by atoms with E-state index in [1.807, 2.05) is 0 Å². The maximum atomic E-state index is 12.7. The standard InChI is InChI=1S/C19H14BrClN2O4S2/c1-2-27-14-8-10(7-13(20)16(14)24)9-15-18(26)23(19(28)29-15)22-17(25)11-3-5-12(21)6-4-11/h3-9,24H,2H2,1H3,(H,22,25)/b15-9+. The maximum absolute atomic E-state index is 12.7. The molecule has 1 fully saturated rings. The summed E-state index contributed by atoms with van der Waals surface area (Å²) in [6.45, 7) is 2.18. The van der Waals surface area contributed by atoms with E-state index < -0.39 is 11.8 Å². The number of thiocarbonyl (C=S) groups is 1. The van der Waals surface area contributed by atoms with Crippen LogP contribution in [0.25, 0.3) is 6.08 Å². The highest BCUT2D eigenvalue weighted by Crippen LogP contribution is 2.38. The Morgan fingerprint density at radius 2 is 2.07 bits per heavy atom. The van der Waals surface area contributed by atoms with Crippen molar-refractivity contribution in [2.75, 3.05) is 6.61 Å². The van der Waals surface area contributed by atoms with E-state index in [-0.39, 0.29) is 10.1 Å². The second-order valence-electron chi connectivity index (χ2n) is 5.75. The van der Waals surface area contributed by atoms with Gasteiger partial charge in [0.15, 0.2) is 15.8 Å². The highest BCUT2D eigenvalue weighted by molar-refractivity contribution is 9.10. The number of halogens is 2. The molecule has 1 aliphatic heterocycles. The van der Waals surface area contributed by atoms with E-state index in [2.05, 4.69) is 21.4 Å². The van der Waals surface area contributed by atoms with E-state index in [4.69, 9.17) is 28.6 Å². The molecule has 150 valence electrons. The minimum absolute atomic E-state index is 0.0215. The number of hydrazine groups is 1. The first-order chi connectivity index (χ1) is 13.8. The van der Waals surface area contributed by atoms with Crippen molar-refractivity contribution in [2.45, 2.75) is 6.92 Å². The summed E-state index contributed by atoms with van der Waals surface area (Å²) in [5.74, 6) is -0.666. The van der Waals surface area contributed by atoms with E-state index >= 15 is 0 Å². The Hall–Kier alpha value is -2.07.